The van der Waals surface area contributed by atoms with Crippen molar-refractivity contribution in [3.63, 3.8) is 0 Å². The summed E-state index contributed by atoms with van der Waals surface area (Å²) in [5, 5.41) is -0.319. The predicted molar refractivity (Wildman–Crippen MR) is 89.0 cm³/mol. The Morgan fingerprint density at radius 2 is 1.70 bits per heavy atom. The van der Waals surface area contributed by atoms with Crippen LogP contribution in [0.1, 0.15) is 5.56 Å². The molecule has 0 unspecified atom stereocenters. The lowest BCUT2D eigenvalue weighted by Crippen LogP contribution is -2.27. The van der Waals surface area contributed by atoms with Crippen LogP contribution in [0.15, 0.2) is 29.7 Å². The van der Waals surface area contributed by atoms with Gasteiger partial charge in [0.2, 0.25) is 0 Å². The highest BCUT2D eigenvalue weighted by molar-refractivity contribution is 8.18. The first kappa shape index (κ1) is 17.0. The lowest BCUT2D eigenvalue weighted by Gasteiger charge is -2.12. The molecule has 2 rings (SSSR count). The van der Waals surface area contributed by atoms with E-state index in [4.69, 9.17) is 14.2 Å². The summed E-state index contributed by atoms with van der Waals surface area (Å²) in [4.78, 5) is 25.6. The third kappa shape index (κ3) is 3.34. The molecule has 1 aromatic carbocycles. The van der Waals surface area contributed by atoms with Crippen LogP contribution in [0.3, 0.4) is 0 Å². The highest BCUT2D eigenvalue weighted by atomic mass is 32.2. The van der Waals surface area contributed by atoms with Crippen LogP contribution in [0.25, 0.3) is 6.08 Å². The van der Waals surface area contributed by atoms with Gasteiger partial charge >= 0.3 is 0 Å². The zero-order valence-electron chi connectivity index (χ0n) is 13.1. The fourth-order valence-corrected chi connectivity index (χ4v) is 2.93. The number of benzene rings is 1. The van der Waals surface area contributed by atoms with Gasteiger partial charge in [-0.3, -0.25) is 14.5 Å². The number of imide groups is 1. The summed E-state index contributed by atoms with van der Waals surface area (Å²) in [6.07, 6.45) is 3.12. The van der Waals surface area contributed by atoms with Gasteiger partial charge in [0, 0.05) is 18.2 Å². The number of carbonyl (C=O) groups excluding carboxylic acids is 2. The SMILES string of the molecule is C=CCN1C(=O)S/C(=C/c2cc(OC)c(OC)cc2OC)C1=O. The molecule has 0 bridgehead atoms. The van der Waals surface area contributed by atoms with Crippen molar-refractivity contribution in [2.75, 3.05) is 27.9 Å². The number of amides is 2. The number of thioether (sulfide) groups is 1. The second-order valence-corrected chi connectivity index (χ2v) is 5.52. The molecule has 1 saturated heterocycles. The van der Waals surface area contributed by atoms with Crippen molar-refractivity contribution < 1.29 is 23.8 Å². The first-order valence-electron chi connectivity index (χ1n) is 6.72. The monoisotopic (exact) mass is 335 g/mol. The van der Waals surface area contributed by atoms with Gasteiger partial charge in [0.05, 0.1) is 26.2 Å². The van der Waals surface area contributed by atoms with Crippen molar-refractivity contribution in [3.05, 3.63) is 35.3 Å². The first-order valence-corrected chi connectivity index (χ1v) is 7.53. The van der Waals surface area contributed by atoms with Crippen LogP contribution in [0, 0.1) is 0 Å². The molecule has 1 aliphatic heterocycles. The molecule has 122 valence electrons. The summed E-state index contributed by atoms with van der Waals surface area (Å²) in [5.41, 5.74) is 0.620. The number of carbonyl (C=O) groups is 2. The van der Waals surface area contributed by atoms with Crippen molar-refractivity contribution >= 4 is 29.0 Å². The third-order valence-corrected chi connectivity index (χ3v) is 4.12. The average molecular weight is 335 g/mol. The van der Waals surface area contributed by atoms with Crippen molar-refractivity contribution in [2.24, 2.45) is 0 Å². The number of rotatable bonds is 6. The van der Waals surface area contributed by atoms with E-state index in [1.54, 1.807) is 18.2 Å². The number of hydrogen-bond donors (Lipinski definition) is 0. The number of hydrogen-bond acceptors (Lipinski definition) is 6. The highest BCUT2D eigenvalue weighted by Crippen LogP contribution is 2.38. The molecule has 1 heterocycles. The first-order chi connectivity index (χ1) is 11.0. The molecular weight excluding hydrogens is 318 g/mol. The lowest BCUT2D eigenvalue weighted by atomic mass is 10.1. The van der Waals surface area contributed by atoms with Crippen LogP contribution in [0.4, 0.5) is 4.79 Å². The molecular formula is C16H17NO5S. The fourth-order valence-electron chi connectivity index (χ4n) is 2.09. The Balaban J connectivity index is 2.44. The van der Waals surface area contributed by atoms with Crippen LogP contribution in [-0.4, -0.2) is 43.9 Å². The summed E-state index contributed by atoms with van der Waals surface area (Å²) >= 11 is 0.882. The number of nitrogens with zero attached hydrogens (tertiary/aromatic N) is 1. The van der Waals surface area contributed by atoms with E-state index in [0.717, 1.165) is 16.7 Å². The number of methoxy groups -OCH3 is 3. The Hall–Kier alpha value is -2.41. The molecule has 0 aromatic heterocycles. The second-order valence-electron chi connectivity index (χ2n) is 4.53. The van der Waals surface area contributed by atoms with Crippen LogP contribution in [-0.2, 0) is 4.79 Å². The van der Waals surface area contributed by atoms with Gasteiger partial charge in [0.25, 0.3) is 11.1 Å². The quantitative estimate of drug-likeness (QED) is 0.588. The summed E-state index contributed by atoms with van der Waals surface area (Å²) < 4.78 is 15.8. The van der Waals surface area contributed by atoms with E-state index in [1.165, 1.54) is 27.4 Å². The second kappa shape index (κ2) is 7.23. The topological polar surface area (TPSA) is 65.1 Å². The Bertz CT molecular complexity index is 683. The minimum atomic E-state index is -0.350. The Morgan fingerprint density at radius 3 is 2.26 bits per heavy atom. The minimum Gasteiger partial charge on any atom is -0.496 e. The Labute approximate surface area is 138 Å². The van der Waals surface area contributed by atoms with Crippen LogP contribution >= 0.6 is 11.8 Å². The van der Waals surface area contributed by atoms with Gasteiger partial charge in [-0.25, -0.2) is 0 Å². The van der Waals surface area contributed by atoms with Crippen LogP contribution < -0.4 is 14.2 Å². The molecule has 0 spiro atoms. The lowest BCUT2D eigenvalue weighted by molar-refractivity contribution is -0.122. The zero-order chi connectivity index (χ0) is 17.0. The molecule has 0 radical (unpaired) electrons. The van der Waals surface area contributed by atoms with E-state index in [0.29, 0.717) is 27.7 Å². The van der Waals surface area contributed by atoms with Gasteiger partial charge < -0.3 is 14.2 Å². The van der Waals surface area contributed by atoms with Gasteiger partial charge in [0.1, 0.15) is 5.75 Å². The Kier molecular flexibility index (Phi) is 5.33. The average Bonchev–Trinajstić information content (AvgIpc) is 2.82. The molecule has 23 heavy (non-hydrogen) atoms. The summed E-state index contributed by atoms with van der Waals surface area (Å²) in [6, 6.07) is 3.36. The normalized spacial score (nSPS) is 16.0. The smallest absolute Gasteiger partial charge is 0.293 e. The summed E-state index contributed by atoms with van der Waals surface area (Å²) in [5.74, 6) is 1.18. The van der Waals surface area contributed by atoms with E-state index in [-0.39, 0.29) is 17.7 Å². The molecule has 0 N–H and O–H groups in total. The van der Waals surface area contributed by atoms with E-state index in [1.807, 2.05) is 0 Å². The Morgan fingerprint density at radius 1 is 1.09 bits per heavy atom. The zero-order valence-corrected chi connectivity index (χ0v) is 13.9. The molecule has 1 fully saturated rings. The molecule has 0 atom stereocenters. The standard InChI is InChI=1S/C16H17NO5S/c1-5-6-17-15(18)14(23-16(17)19)8-10-7-12(21-3)13(22-4)9-11(10)20-2/h5,7-9H,1,6H2,2-4H3/b14-8+. The predicted octanol–water partition coefficient (Wildman–Crippen LogP) is 2.93. The van der Waals surface area contributed by atoms with Crippen molar-refractivity contribution in [3.8, 4) is 17.2 Å². The maximum Gasteiger partial charge on any atom is 0.293 e. The van der Waals surface area contributed by atoms with Gasteiger partial charge in [0.15, 0.2) is 11.5 Å². The number of ether oxygens (including phenoxy) is 3. The van der Waals surface area contributed by atoms with Crippen molar-refractivity contribution in [1.82, 2.24) is 4.90 Å². The molecule has 6 nitrogen and oxygen atoms in total. The van der Waals surface area contributed by atoms with Gasteiger partial charge in [-0.2, -0.15) is 0 Å². The molecule has 1 aromatic rings. The minimum absolute atomic E-state index is 0.186. The highest BCUT2D eigenvalue weighted by Gasteiger charge is 2.34. The van der Waals surface area contributed by atoms with Crippen molar-refractivity contribution in [1.29, 1.82) is 0 Å². The maximum atomic E-state index is 12.3. The summed E-state index contributed by atoms with van der Waals surface area (Å²) in [7, 11) is 4.56. The van der Waals surface area contributed by atoms with Gasteiger partial charge in [-0.15, -0.1) is 6.58 Å². The van der Waals surface area contributed by atoms with E-state index >= 15 is 0 Å². The molecule has 2 amide bonds. The molecule has 1 aliphatic rings. The van der Waals surface area contributed by atoms with Crippen molar-refractivity contribution in [2.45, 2.75) is 0 Å². The van der Waals surface area contributed by atoms with Gasteiger partial charge in [-0.1, -0.05) is 6.08 Å². The largest absolute Gasteiger partial charge is 0.496 e. The van der Waals surface area contributed by atoms with Crippen LogP contribution in [0.2, 0.25) is 0 Å². The third-order valence-electron chi connectivity index (χ3n) is 3.21. The molecule has 0 aliphatic carbocycles. The molecule has 7 heteroatoms. The van der Waals surface area contributed by atoms with Gasteiger partial charge in [-0.05, 0) is 23.9 Å². The maximum absolute atomic E-state index is 12.3. The van der Waals surface area contributed by atoms with E-state index < -0.39 is 0 Å². The van der Waals surface area contributed by atoms with Crippen LogP contribution in [0.5, 0.6) is 17.2 Å². The fraction of sp³-hybridized carbons (Fsp3) is 0.250. The molecule has 0 saturated carbocycles. The van der Waals surface area contributed by atoms with E-state index in [2.05, 4.69) is 6.58 Å². The van der Waals surface area contributed by atoms with E-state index in [9.17, 15) is 9.59 Å². The summed E-state index contributed by atoms with van der Waals surface area (Å²) in [6.45, 7) is 3.73.